The molecule has 0 aliphatic rings. The van der Waals surface area contributed by atoms with Crippen molar-refractivity contribution < 1.29 is 4.42 Å². The molecule has 0 aliphatic carbocycles. The molecule has 6 heteroatoms. The molecule has 2 aromatic heterocycles. The molecule has 2 heterocycles. The van der Waals surface area contributed by atoms with Crippen molar-refractivity contribution >= 4 is 0 Å². The molecular formula is C19H21N5O. The Balaban J connectivity index is 1.71. The second kappa shape index (κ2) is 7.32. The van der Waals surface area contributed by atoms with Crippen LogP contribution in [-0.2, 0) is 13.1 Å². The third kappa shape index (κ3) is 3.78. The van der Waals surface area contributed by atoms with E-state index >= 15 is 0 Å². The van der Waals surface area contributed by atoms with Gasteiger partial charge in [-0.1, -0.05) is 12.1 Å². The molecule has 128 valence electrons. The Morgan fingerprint density at radius 3 is 2.76 bits per heavy atom. The summed E-state index contributed by atoms with van der Waals surface area (Å²) in [4.78, 5) is 2.13. The first-order chi connectivity index (χ1) is 12.1. The number of nitriles is 1. The Kier molecular flexibility index (Phi) is 4.96. The highest BCUT2D eigenvalue weighted by molar-refractivity contribution is 5.66. The van der Waals surface area contributed by atoms with Gasteiger partial charge in [-0.2, -0.15) is 5.26 Å². The van der Waals surface area contributed by atoms with E-state index in [9.17, 15) is 5.26 Å². The molecule has 3 aromatic rings. The van der Waals surface area contributed by atoms with Crippen molar-refractivity contribution in [2.24, 2.45) is 0 Å². The fourth-order valence-corrected chi connectivity index (χ4v) is 2.78. The normalized spacial score (nSPS) is 11.2. The van der Waals surface area contributed by atoms with E-state index in [1.165, 1.54) is 0 Å². The largest absolute Gasteiger partial charge is 0.460 e. The molecule has 0 bridgehead atoms. The standard InChI is InChI=1S/C19H21N5O/c1-14(2)24-13-21-22-19(24)12-23(3)11-16-8-9-18(25-16)17-7-5-4-6-15(17)10-20/h4-9,13-14H,11-12H2,1-3H3. The van der Waals surface area contributed by atoms with Gasteiger partial charge in [0.25, 0.3) is 0 Å². The fourth-order valence-electron chi connectivity index (χ4n) is 2.78. The van der Waals surface area contributed by atoms with E-state index in [2.05, 4.69) is 39.6 Å². The minimum absolute atomic E-state index is 0.330. The number of hydrogen-bond donors (Lipinski definition) is 0. The number of rotatable bonds is 6. The highest BCUT2D eigenvalue weighted by atomic mass is 16.3. The molecule has 0 fully saturated rings. The third-order valence-corrected chi connectivity index (χ3v) is 4.02. The van der Waals surface area contributed by atoms with Crippen molar-refractivity contribution in [2.75, 3.05) is 7.05 Å². The van der Waals surface area contributed by atoms with Crippen LogP contribution in [0.15, 0.2) is 47.1 Å². The number of nitrogens with zero attached hydrogens (tertiary/aromatic N) is 5. The zero-order chi connectivity index (χ0) is 17.8. The van der Waals surface area contributed by atoms with Crippen molar-refractivity contribution in [1.29, 1.82) is 5.26 Å². The molecule has 0 N–H and O–H groups in total. The van der Waals surface area contributed by atoms with Crippen LogP contribution in [0.5, 0.6) is 0 Å². The van der Waals surface area contributed by atoms with E-state index in [1.54, 1.807) is 12.4 Å². The van der Waals surface area contributed by atoms with Crippen LogP contribution in [0.1, 0.15) is 37.0 Å². The monoisotopic (exact) mass is 335 g/mol. The highest BCUT2D eigenvalue weighted by Crippen LogP contribution is 2.26. The van der Waals surface area contributed by atoms with Gasteiger partial charge in [-0.05, 0) is 45.2 Å². The lowest BCUT2D eigenvalue weighted by molar-refractivity contribution is 0.276. The molecule has 0 aliphatic heterocycles. The Labute approximate surface area is 147 Å². The summed E-state index contributed by atoms with van der Waals surface area (Å²) in [6.45, 7) is 5.55. The Morgan fingerprint density at radius 2 is 2.00 bits per heavy atom. The predicted molar refractivity (Wildman–Crippen MR) is 94.4 cm³/mol. The number of aromatic nitrogens is 3. The maximum Gasteiger partial charge on any atom is 0.147 e. The zero-order valence-corrected chi connectivity index (χ0v) is 14.7. The summed E-state index contributed by atoms with van der Waals surface area (Å²) in [5.74, 6) is 2.49. The summed E-state index contributed by atoms with van der Waals surface area (Å²) in [6, 6.07) is 13.8. The predicted octanol–water partition coefficient (Wildman–Crippen LogP) is 3.62. The third-order valence-electron chi connectivity index (χ3n) is 4.02. The van der Waals surface area contributed by atoms with Crippen molar-refractivity contribution in [3.05, 3.63) is 59.9 Å². The van der Waals surface area contributed by atoms with Crippen molar-refractivity contribution in [3.63, 3.8) is 0 Å². The average Bonchev–Trinajstić information content (AvgIpc) is 3.24. The highest BCUT2D eigenvalue weighted by Gasteiger charge is 2.13. The second-order valence-electron chi connectivity index (χ2n) is 6.34. The molecule has 0 saturated heterocycles. The smallest absolute Gasteiger partial charge is 0.147 e. The first kappa shape index (κ1) is 16.9. The molecule has 6 nitrogen and oxygen atoms in total. The summed E-state index contributed by atoms with van der Waals surface area (Å²) < 4.78 is 8.01. The minimum Gasteiger partial charge on any atom is -0.460 e. The van der Waals surface area contributed by atoms with Crippen LogP contribution in [0, 0.1) is 11.3 Å². The SMILES string of the molecule is CC(C)n1cnnc1CN(C)Cc1ccc(-c2ccccc2C#N)o1. The van der Waals surface area contributed by atoms with Gasteiger partial charge < -0.3 is 8.98 Å². The van der Waals surface area contributed by atoms with E-state index in [0.717, 1.165) is 17.1 Å². The van der Waals surface area contributed by atoms with Crippen LogP contribution < -0.4 is 0 Å². The summed E-state index contributed by atoms with van der Waals surface area (Å²) in [5, 5.41) is 17.4. The average molecular weight is 335 g/mol. The molecule has 0 radical (unpaired) electrons. The van der Waals surface area contributed by atoms with Gasteiger partial charge >= 0.3 is 0 Å². The molecule has 0 amide bonds. The molecule has 0 atom stereocenters. The summed E-state index contributed by atoms with van der Waals surface area (Å²) >= 11 is 0. The van der Waals surface area contributed by atoms with Crippen LogP contribution in [-0.4, -0.2) is 26.7 Å². The maximum absolute atomic E-state index is 9.23. The zero-order valence-electron chi connectivity index (χ0n) is 14.7. The second-order valence-corrected chi connectivity index (χ2v) is 6.34. The van der Waals surface area contributed by atoms with Crippen molar-refractivity contribution in [2.45, 2.75) is 33.0 Å². The van der Waals surface area contributed by atoms with Gasteiger partial charge in [0.1, 0.15) is 23.7 Å². The van der Waals surface area contributed by atoms with Crippen LogP contribution in [0.2, 0.25) is 0 Å². The van der Waals surface area contributed by atoms with Crippen LogP contribution in [0.4, 0.5) is 0 Å². The van der Waals surface area contributed by atoms with Crippen LogP contribution in [0.25, 0.3) is 11.3 Å². The summed E-state index contributed by atoms with van der Waals surface area (Å²) in [6.07, 6.45) is 1.76. The minimum atomic E-state index is 0.330. The lowest BCUT2D eigenvalue weighted by atomic mass is 10.1. The lowest BCUT2D eigenvalue weighted by Crippen LogP contribution is -2.20. The van der Waals surface area contributed by atoms with E-state index in [-0.39, 0.29) is 0 Å². The van der Waals surface area contributed by atoms with E-state index in [4.69, 9.17) is 4.42 Å². The molecular weight excluding hydrogens is 314 g/mol. The van der Waals surface area contributed by atoms with Crippen LogP contribution in [0.3, 0.4) is 0 Å². The Morgan fingerprint density at radius 1 is 1.20 bits per heavy atom. The quantitative estimate of drug-likeness (QED) is 0.688. The van der Waals surface area contributed by atoms with Crippen molar-refractivity contribution in [1.82, 2.24) is 19.7 Å². The van der Waals surface area contributed by atoms with Gasteiger partial charge in [-0.3, -0.25) is 4.90 Å². The topological polar surface area (TPSA) is 70.9 Å². The van der Waals surface area contributed by atoms with Gasteiger partial charge in [-0.25, -0.2) is 0 Å². The summed E-state index contributed by atoms with van der Waals surface area (Å²) in [7, 11) is 2.02. The van der Waals surface area contributed by atoms with Gasteiger partial charge in [0.05, 0.1) is 24.7 Å². The summed E-state index contributed by atoms with van der Waals surface area (Å²) in [5.41, 5.74) is 1.43. The van der Waals surface area contributed by atoms with Gasteiger partial charge in [0.2, 0.25) is 0 Å². The van der Waals surface area contributed by atoms with Gasteiger partial charge in [0.15, 0.2) is 0 Å². The Hall–Kier alpha value is -2.91. The first-order valence-corrected chi connectivity index (χ1v) is 8.23. The van der Waals surface area contributed by atoms with Gasteiger partial charge in [0, 0.05) is 11.6 Å². The molecule has 0 saturated carbocycles. The fraction of sp³-hybridized carbons (Fsp3) is 0.316. The van der Waals surface area contributed by atoms with Gasteiger partial charge in [-0.15, -0.1) is 10.2 Å². The van der Waals surface area contributed by atoms with E-state index in [0.29, 0.717) is 30.5 Å². The number of furan rings is 1. The molecule has 1 aromatic carbocycles. The molecule has 3 rings (SSSR count). The van der Waals surface area contributed by atoms with Crippen molar-refractivity contribution in [3.8, 4) is 17.4 Å². The lowest BCUT2D eigenvalue weighted by Gasteiger charge is -2.16. The first-order valence-electron chi connectivity index (χ1n) is 8.23. The number of benzene rings is 1. The van der Waals surface area contributed by atoms with Crippen LogP contribution >= 0.6 is 0 Å². The Bertz CT molecular complexity index is 887. The molecule has 0 unspecified atom stereocenters. The molecule has 25 heavy (non-hydrogen) atoms. The van der Waals surface area contributed by atoms with E-state index in [1.807, 2.05) is 37.4 Å². The molecule has 0 spiro atoms. The maximum atomic E-state index is 9.23. The van der Waals surface area contributed by atoms with E-state index < -0.39 is 0 Å². The number of hydrogen-bond acceptors (Lipinski definition) is 5.